The molecule has 1 nitrogen and oxygen atoms in total. The number of alkyl halides is 6. The minimum atomic E-state index is -6.02. The molecular weight excluding hydrogens is 499 g/mol. The Hall–Kier alpha value is -2.39. The van der Waals surface area contributed by atoms with Crippen LogP contribution in [0.15, 0.2) is 30.3 Å². The van der Waals surface area contributed by atoms with Crippen molar-refractivity contribution >= 4 is 0 Å². The molecule has 0 aliphatic heterocycles. The zero-order valence-corrected chi connectivity index (χ0v) is 19.6. The summed E-state index contributed by atoms with van der Waals surface area (Å²) < 4.78 is 123. The van der Waals surface area contributed by atoms with E-state index in [2.05, 4.69) is 11.7 Å². The van der Waals surface area contributed by atoms with Gasteiger partial charge in [-0.15, -0.1) is 0 Å². The van der Waals surface area contributed by atoms with Gasteiger partial charge in [0.15, 0.2) is 17.4 Å². The fraction of sp³-hybridized carbons (Fsp3) is 0.538. The molecule has 200 valence electrons. The molecule has 36 heavy (non-hydrogen) atoms. The molecule has 0 aromatic heterocycles. The first-order valence-corrected chi connectivity index (χ1v) is 11.9. The van der Waals surface area contributed by atoms with E-state index in [1.807, 2.05) is 0 Å². The summed E-state index contributed by atoms with van der Waals surface area (Å²) in [6, 6.07) is 4.97. The third-order valence-corrected chi connectivity index (χ3v) is 6.67. The molecule has 0 bridgehead atoms. The third kappa shape index (κ3) is 6.88. The lowest BCUT2D eigenvalue weighted by Crippen LogP contribution is -2.46. The predicted molar refractivity (Wildman–Crippen MR) is 117 cm³/mol. The normalized spacial score (nSPS) is 19.8. The zero-order chi connectivity index (χ0) is 26.7. The number of hydrogen-bond donors (Lipinski definition) is 0. The Morgan fingerprint density at radius 1 is 0.833 bits per heavy atom. The van der Waals surface area contributed by atoms with Gasteiger partial charge in [-0.25, -0.2) is 17.6 Å². The molecule has 0 amide bonds. The number of halogens is 9. The predicted octanol–water partition coefficient (Wildman–Crippen LogP) is 9.18. The van der Waals surface area contributed by atoms with Crippen molar-refractivity contribution in [3.63, 3.8) is 0 Å². The molecule has 1 fully saturated rings. The molecule has 1 aliphatic rings. The summed E-state index contributed by atoms with van der Waals surface area (Å²) in [5.74, 6) is -5.05. The highest BCUT2D eigenvalue weighted by Gasteiger charge is 2.59. The Morgan fingerprint density at radius 3 is 1.89 bits per heavy atom. The maximum absolute atomic E-state index is 14.7. The van der Waals surface area contributed by atoms with Crippen molar-refractivity contribution in [3.05, 3.63) is 53.3 Å². The summed E-state index contributed by atoms with van der Waals surface area (Å²) in [7, 11) is 0. The molecule has 1 aliphatic carbocycles. The van der Waals surface area contributed by atoms with Crippen LogP contribution in [-0.2, 0) is 6.42 Å². The molecular formula is C26H27F9O. The molecule has 2 aromatic rings. The van der Waals surface area contributed by atoms with Crippen molar-refractivity contribution in [1.29, 1.82) is 0 Å². The topological polar surface area (TPSA) is 9.23 Å². The van der Waals surface area contributed by atoms with Crippen molar-refractivity contribution in [2.45, 2.75) is 76.7 Å². The number of rotatable bonds is 9. The van der Waals surface area contributed by atoms with Gasteiger partial charge in [-0.05, 0) is 54.0 Å². The first kappa shape index (κ1) is 28.2. The number of hydrogen-bond acceptors (Lipinski definition) is 1. The summed E-state index contributed by atoms with van der Waals surface area (Å²) in [6.07, 6.45) is -7.85. The molecule has 0 heterocycles. The van der Waals surface area contributed by atoms with Crippen LogP contribution < -0.4 is 4.74 Å². The average Bonchev–Trinajstić information content (AvgIpc) is 2.80. The van der Waals surface area contributed by atoms with Gasteiger partial charge in [-0.3, -0.25) is 0 Å². The summed E-state index contributed by atoms with van der Waals surface area (Å²) in [5.41, 5.74) is 0.0637. The Bertz CT molecular complexity index is 1000. The minimum absolute atomic E-state index is 0.242. The van der Waals surface area contributed by atoms with E-state index in [0.717, 1.165) is 25.2 Å². The van der Waals surface area contributed by atoms with Crippen LogP contribution in [0.3, 0.4) is 0 Å². The fourth-order valence-electron chi connectivity index (χ4n) is 4.73. The minimum Gasteiger partial charge on any atom is -0.424 e. The lowest BCUT2D eigenvalue weighted by molar-refractivity contribution is -0.306. The molecule has 10 heteroatoms. The van der Waals surface area contributed by atoms with Crippen LogP contribution in [0.5, 0.6) is 5.75 Å². The summed E-state index contributed by atoms with van der Waals surface area (Å²) in [4.78, 5) is 0. The van der Waals surface area contributed by atoms with Gasteiger partial charge in [0.25, 0.3) is 6.17 Å². The Balaban J connectivity index is 1.69. The van der Waals surface area contributed by atoms with Crippen LogP contribution in [0, 0.1) is 29.3 Å². The summed E-state index contributed by atoms with van der Waals surface area (Å²) >= 11 is 0. The van der Waals surface area contributed by atoms with Gasteiger partial charge in [-0.2, -0.15) is 22.0 Å². The molecule has 0 saturated heterocycles. The SMILES string of the molecule is CCCC1CCC(CCc2ccc(-c3cc(F)c(OC(F)(F)C(F)C(F)(F)F)c(F)c3)c(F)c2)CC1. The number of benzene rings is 2. The van der Waals surface area contributed by atoms with E-state index in [9.17, 15) is 39.5 Å². The molecule has 3 rings (SSSR count). The second-order valence-corrected chi connectivity index (χ2v) is 9.37. The molecule has 1 unspecified atom stereocenters. The van der Waals surface area contributed by atoms with Crippen molar-refractivity contribution in [3.8, 4) is 16.9 Å². The first-order chi connectivity index (χ1) is 16.8. The maximum atomic E-state index is 14.7. The molecule has 0 N–H and O–H groups in total. The highest BCUT2D eigenvalue weighted by molar-refractivity contribution is 5.65. The van der Waals surface area contributed by atoms with E-state index in [1.54, 1.807) is 6.07 Å². The molecule has 1 saturated carbocycles. The van der Waals surface area contributed by atoms with Crippen molar-refractivity contribution in [1.82, 2.24) is 0 Å². The average molecular weight is 526 g/mol. The van der Waals surface area contributed by atoms with E-state index >= 15 is 0 Å². The third-order valence-electron chi connectivity index (χ3n) is 6.67. The summed E-state index contributed by atoms with van der Waals surface area (Å²) in [5, 5.41) is 0. The smallest absolute Gasteiger partial charge is 0.424 e. The van der Waals surface area contributed by atoms with Crippen LogP contribution in [0.1, 0.15) is 57.4 Å². The molecule has 2 aromatic carbocycles. The van der Waals surface area contributed by atoms with Crippen LogP contribution in [0.25, 0.3) is 11.1 Å². The Kier molecular flexibility index (Phi) is 8.88. The van der Waals surface area contributed by atoms with Crippen LogP contribution in [0.4, 0.5) is 39.5 Å². The lowest BCUT2D eigenvalue weighted by Gasteiger charge is -2.28. The lowest BCUT2D eigenvalue weighted by atomic mass is 9.78. The standard InChI is InChI=1S/C26H27F9O/c1-2-3-15-4-6-16(7-5-15)8-9-17-10-11-19(20(27)12-17)18-13-21(28)23(22(29)14-18)36-26(34,35)24(30)25(31,32)33/h10-16,24H,2-9H2,1H3. The van der Waals surface area contributed by atoms with Gasteiger partial charge in [-0.1, -0.05) is 57.6 Å². The zero-order valence-electron chi connectivity index (χ0n) is 19.6. The molecule has 1 atom stereocenters. The van der Waals surface area contributed by atoms with Gasteiger partial charge in [0.05, 0.1) is 0 Å². The van der Waals surface area contributed by atoms with Gasteiger partial charge >= 0.3 is 12.3 Å². The molecule has 0 spiro atoms. The van der Waals surface area contributed by atoms with Crippen molar-refractivity contribution in [2.75, 3.05) is 0 Å². The second-order valence-electron chi connectivity index (χ2n) is 9.37. The van der Waals surface area contributed by atoms with Gasteiger partial charge in [0.2, 0.25) is 0 Å². The van der Waals surface area contributed by atoms with Crippen LogP contribution >= 0.6 is 0 Å². The van der Waals surface area contributed by atoms with E-state index < -0.39 is 41.7 Å². The Morgan fingerprint density at radius 2 is 1.39 bits per heavy atom. The van der Waals surface area contributed by atoms with Crippen molar-refractivity contribution in [2.24, 2.45) is 11.8 Å². The maximum Gasteiger partial charge on any atom is 0.439 e. The largest absolute Gasteiger partial charge is 0.439 e. The summed E-state index contributed by atoms with van der Waals surface area (Å²) in [6.45, 7) is 2.17. The Labute approximate surface area is 203 Å². The highest BCUT2D eigenvalue weighted by Crippen LogP contribution is 2.39. The van der Waals surface area contributed by atoms with E-state index in [0.29, 0.717) is 30.0 Å². The van der Waals surface area contributed by atoms with E-state index in [-0.39, 0.29) is 11.1 Å². The van der Waals surface area contributed by atoms with E-state index in [1.165, 1.54) is 37.8 Å². The van der Waals surface area contributed by atoms with Gasteiger partial charge in [0, 0.05) is 5.56 Å². The van der Waals surface area contributed by atoms with Crippen LogP contribution in [0.2, 0.25) is 0 Å². The molecule has 0 radical (unpaired) electrons. The number of aryl methyl sites for hydroxylation is 1. The van der Waals surface area contributed by atoms with Crippen LogP contribution in [-0.4, -0.2) is 18.5 Å². The monoisotopic (exact) mass is 526 g/mol. The van der Waals surface area contributed by atoms with Crippen molar-refractivity contribution < 1.29 is 44.3 Å². The fourth-order valence-corrected chi connectivity index (χ4v) is 4.73. The highest BCUT2D eigenvalue weighted by atomic mass is 19.4. The van der Waals surface area contributed by atoms with E-state index in [4.69, 9.17) is 0 Å². The second kappa shape index (κ2) is 11.3. The number of ether oxygens (including phenoxy) is 1. The quantitative estimate of drug-likeness (QED) is 0.296. The first-order valence-electron chi connectivity index (χ1n) is 11.9. The van der Waals surface area contributed by atoms with Gasteiger partial charge < -0.3 is 4.74 Å². The van der Waals surface area contributed by atoms with Gasteiger partial charge in [0.1, 0.15) is 5.82 Å².